The van der Waals surface area contributed by atoms with E-state index in [9.17, 15) is 4.79 Å². The summed E-state index contributed by atoms with van der Waals surface area (Å²) in [4.78, 5) is 11.0. The molecule has 0 aromatic heterocycles. The first kappa shape index (κ1) is 20.5. The third kappa shape index (κ3) is 14.3. The van der Waals surface area contributed by atoms with Crippen LogP contribution in [0, 0.1) is 6.92 Å². The van der Waals surface area contributed by atoms with Crippen LogP contribution in [0.1, 0.15) is 64.7 Å². The van der Waals surface area contributed by atoms with Crippen molar-refractivity contribution in [2.45, 2.75) is 70.8 Å². The van der Waals surface area contributed by atoms with Crippen molar-refractivity contribution in [3.8, 4) is 0 Å². The molecule has 0 spiro atoms. The van der Waals surface area contributed by atoms with Crippen molar-refractivity contribution in [1.29, 1.82) is 0 Å². The first-order valence-corrected chi connectivity index (χ1v) is 6.96. The normalized spacial score (nSPS) is 11.4. The Labute approximate surface area is 135 Å². The number of rotatable bonds is 11. The molecule has 1 unspecified atom stereocenters. The molecule has 0 radical (unpaired) electrons. The summed E-state index contributed by atoms with van der Waals surface area (Å²) in [5.74, 6) is -0.121. The molecular formula is C15H28NNaO. The van der Waals surface area contributed by atoms with Crippen LogP contribution in [-0.2, 0) is 4.79 Å². The molecule has 18 heavy (non-hydrogen) atoms. The van der Waals surface area contributed by atoms with Crippen LogP contribution >= 0.6 is 0 Å². The fourth-order valence-corrected chi connectivity index (χ4v) is 1.86. The largest absolute Gasteiger partial charge is 1.00 e. The summed E-state index contributed by atoms with van der Waals surface area (Å²) < 4.78 is 0. The molecule has 0 aliphatic rings. The van der Waals surface area contributed by atoms with E-state index in [1.165, 1.54) is 51.0 Å². The van der Waals surface area contributed by atoms with Crippen LogP contribution in [0.4, 0.5) is 0 Å². The summed E-state index contributed by atoms with van der Waals surface area (Å²) in [7, 11) is 0. The Hall–Kier alpha value is 0.210. The van der Waals surface area contributed by atoms with Gasteiger partial charge in [-0.1, -0.05) is 77.3 Å². The molecule has 2 nitrogen and oxygen atoms in total. The van der Waals surface area contributed by atoms with E-state index in [-0.39, 0.29) is 41.5 Å². The first-order valence-electron chi connectivity index (χ1n) is 6.96. The summed E-state index contributed by atoms with van der Waals surface area (Å²) in [6.07, 6.45) is 12.8. The second-order valence-corrected chi connectivity index (χ2v) is 4.67. The maximum atomic E-state index is 11.0. The third-order valence-corrected chi connectivity index (χ3v) is 2.94. The van der Waals surface area contributed by atoms with E-state index in [1.54, 1.807) is 0 Å². The second kappa shape index (κ2) is 15.3. The van der Waals surface area contributed by atoms with Crippen LogP contribution in [0.15, 0.2) is 12.7 Å². The summed E-state index contributed by atoms with van der Waals surface area (Å²) in [6.45, 7) is 9.57. The van der Waals surface area contributed by atoms with E-state index < -0.39 is 0 Å². The zero-order chi connectivity index (χ0) is 12.9. The van der Waals surface area contributed by atoms with Gasteiger partial charge in [-0.05, 0) is 6.08 Å². The molecule has 0 heterocycles. The van der Waals surface area contributed by atoms with Gasteiger partial charge in [-0.25, -0.2) is 0 Å². The molecule has 0 aliphatic carbocycles. The number of unbranched alkanes of at least 4 members (excludes halogenated alkanes) is 7. The second-order valence-electron chi connectivity index (χ2n) is 4.67. The molecule has 3 heteroatoms. The van der Waals surface area contributed by atoms with Crippen molar-refractivity contribution in [2.75, 3.05) is 0 Å². The van der Waals surface area contributed by atoms with Crippen molar-refractivity contribution in [3.63, 3.8) is 0 Å². The van der Waals surface area contributed by atoms with Gasteiger partial charge >= 0.3 is 29.6 Å². The molecule has 0 aromatic rings. The standard InChI is InChI=1S/C15H28NO.Na/c1-4-6-7-8-9-10-11-12-13-14(3)16-15(17)5-2;/h5,14H,2-4,6-13H2,1H3,(H,16,17);/q-1;+1. The Kier molecular flexibility index (Phi) is 17.4. The Balaban J connectivity index is 0. The van der Waals surface area contributed by atoms with E-state index >= 15 is 0 Å². The van der Waals surface area contributed by atoms with Crippen LogP contribution in [0.3, 0.4) is 0 Å². The Morgan fingerprint density at radius 1 is 1.17 bits per heavy atom. The molecule has 100 valence electrons. The molecule has 1 N–H and O–H groups in total. The van der Waals surface area contributed by atoms with E-state index in [0.717, 1.165) is 12.8 Å². The maximum absolute atomic E-state index is 11.0. The van der Waals surface area contributed by atoms with E-state index in [0.29, 0.717) is 0 Å². The van der Waals surface area contributed by atoms with Crippen LogP contribution in [0.2, 0.25) is 0 Å². The van der Waals surface area contributed by atoms with E-state index in [2.05, 4.69) is 25.7 Å². The van der Waals surface area contributed by atoms with Crippen LogP contribution in [0.5, 0.6) is 0 Å². The zero-order valence-electron chi connectivity index (χ0n) is 12.3. The minimum absolute atomic E-state index is 0. The average Bonchev–Trinajstić information content (AvgIpc) is 2.32. The van der Waals surface area contributed by atoms with Gasteiger partial charge in [0.1, 0.15) is 0 Å². The molecule has 0 bridgehead atoms. The predicted molar refractivity (Wildman–Crippen MR) is 74.7 cm³/mol. The number of carbonyl (C=O) groups is 1. The van der Waals surface area contributed by atoms with Gasteiger partial charge in [0.15, 0.2) is 0 Å². The Bertz CT molecular complexity index is 207. The van der Waals surface area contributed by atoms with E-state index in [4.69, 9.17) is 0 Å². The minimum Gasteiger partial charge on any atom is -0.380 e. The molecule has 0 saturated heterocycles. The Morgan fingerprint density at radius 2 is 1.67 bits per heavy atom. The van der Waals surface area contributed by atoms with Gasteiger partial charge in [0.25, 0.3) is 0 Å². The van der Waals surface area contributed by atoms with Crippen molar-refractivity contribution in [2.24, 2.45) is 0 Å². The van der Waals surface area contributed by atoms with Crippen LogP contribution < -0.4 is 34.9 Å². The SMILES string of the molecule is C=CC(=O)NC([CH2-])CCCCCCCCCC.[Na+]. The van der Waals surface area contributed by atoms with Gasteiger partial charge in [0, 0.05) is 0 Å². The number of hydrogen-bond acceptors (Lipinski definition) is 1. The van der Waals surface area contributed by atoms with Gasteiger partial charge in [0.05, 0.1) is 0 Å². The molecular weight excluding hydrogens is 233 g/mol. The smallest absolute Gasteiger partial charge is 0.380 e. The quantitative estimate of drug-likeness (QED) is 0.256. The van der Waals surface area contributed by atoms with Gasteiger partial charge in [0.2, 0.25) is 5.91 Å². The third-order valence-electron chi connectivity index (χ3n) is 2.94. The monoisotopic (exact) mass is 261 g/mol. The minimum atomic E-state index is -0.121. The van der Waals surface area contributed by atoms with E-state index in [1.807, 2.05) is 0 Å². The topological polar surface area (TPSA) is 29.1 Å². The fraction of sp³-hybridized carbons (Fsp3) is 0.733. The number of amides is 1. The van der Waals surface area contributed by atoms with Gasteiger partial charge in [-0.15, -0.1) is 0 Å². The molecule has 1 amide bonds. The number of nitrogens with one attached hydrogen (secondary N) is 1. The molecule has 0 fully saturated rings. The van der Waals surface area contributed by atoms with Gasteiger partial charge in [-0.3, -0.25) is 4.79 Å². The summed E-state index contributed by atoms with van der Waals surface area (Å²) in [5, 5.41) is 2.78. The molecule has 0 aromatic carbocycles. The molecule has 0 aliphatic heterocycles. The predicted octanol–water partition coefficient (Wildman–Crippen LogP) is 1.03. The molecule has 0 saturated carbocycles. The fourth-order valence-electron chi connectivity index (χ4n) is 1.86. The van der Waals surface area contributed by atoms with Crippen molar-refractivity contribution < 1.29 is 34.4 Å². The summed E-state index contributed by atoms with van der Waals surface area (Å²) >= 11 is 0. The maximum Gasteiger partial charge on any atom is 1.00 e. The number of carbonyl (C=O) groups excluding carboxylic acids is 1. The van der Waals surface area contributed by atoms with Crippen molar-refractivity contribution >= 4 is 5.91 Å². The average molecular weight is 261 g/mol. The van der Waals surface area contributed by atoms with Gasteiger partial charge < -0.3 is 12.2 Å². The van der Waals surface area contributed by atoms with Crippen LogP contribution in [0.25, 0.3) is 0 Å². The summed E-state index contributed by atoms with van der Waals surface area (Å²) in [5.41, 5.74) is 0. The van der Waals surface area contributed by atoms with Crippen molar-refractivity contribution in [1.82, 2.24) is 5.32 Å². The number of hydrogen-bond donors (Lipinski definition) is 1. The van der Waals surface area contributed by atoms with Gasteiger partial charge in [-0.2, -0.15) is 0 Å². The zero-order valence-corrected chi connectivity index (χ0v) is 14.3. The molecule has 0 rings (SSSR count). The Morgan fingerprint density at radius 3 is 2.17 bits per heavy atom. The first-order chi connectivity index (χ1) is 8.20. The van der Waals surface area contributed by atoms with Crippen LogP contribution in [-0.4, -0.2) is 11.9 Å². The summed E-state index contributed by atoms with van der Waals surface area (Å²) in [6, 6.07) is 0.0283. The van der Waals surface area contributed by atoms with Crippen molar-refractivity contribution in [3.05, 3.63) is 19.6 Å². The molecule has 1 atom stereocenters.